The number of halogens is 2. The third kappa shape index (κ3) is 3.48. The van der Waals surface area contributed by atoms with Gasteiger partial charge >= 0.3 is 0 Å². The highest BCUT2D eigenvalue weighted by Crippen LogP contribution is 2.32. The molecule has 0 bridgehead atoms. The van der Waals surface area contributed by atoms with Gasteiger partial charge in [-0.1, -0.05) is 17.7 Å². The van der Waals surface area contributed by atoms with Crippen molar-refractivity contribution in [2.24, 2.45) is 0 Å². The van der Waals surface area contributed by atoms with Crippen molar-refractivity contribution < 1.29 is 9.21 Å². The van der Waals surface area contributed by atoms with Crippen molar-refractivity contribution in [2.45, 2.75) is 27.7 Å². The standard InChI is InChI=1S/C11H11ClO.C2H3ClO/c1-6-4-7(2)11-9(5-6)10(12)8(3)13-11;1-2(3)4/h4-5H,1-3H3;1H3. The van der Waals surface area contributed by atoms with Crippen molar-refractivity contribution in [3.05, 3.63) is 34.0 Å². The first-order chi connectivity index (χ1) is 7.82. The molecule has 0 amide bonds. The van der Waals surface area contributed by atoms with Crippen LogP contribution in [0.25, 0.3) is 11.0 Å². The molecule has 0 N–H and O–H groups in total. The van der Waals surface area contributed by atoms with Crippen molar-refractivity contribution >= 4 is 39.4 Å². The second-order valence-electron chi connectivity index (χ2n) is 3.90. The Morgan fingerprint density at radius 2 is 1.76 bits per heavy atom. The van der Waals surface area contributed by atoms with Gasteiger partial charge in [-0.2, -0.15) is 0 Å². The van der Waals surface area contributed by atoms with E-state index in [1.807, 2.05) is 13.8 Å². The molecule has 0 saturated carbocycles. The summed E-state index contributed by atoms with van der Waals surface area (Å²) in [5.41, 5.74) is 3.27. The molecule has 0 atom stereocenters. The molecule has 0 aliphatic heterocycles. The van der Waals surface area contributed by atoms with Crippen LogP contribution in [0.3, 0.4) is 0 Å². The second-order valence-corrected chi connectivity index (χ2v) is 4.81. The molecule has 2 aromatic rings. The Morgan fingerprint density at radius 3 is 2.29 bits per heavy atom. The lowest BCUT2D eigenvalue weighted by Crippen LogP contribution is -1.76. The molecule has 2 rings (SSSR count). The SMILES string of the molecule is CC(=O)Cl.Cc1cc(C)c2oc(C)c(Cl)c2c1. The van der Waals surface area contributed by atoms with Crippen LogP contribution in [-0.2, 0) is 4.79 Å². The summed E-state index contributed by atoms with van der Waals surface area (Å²) in [4.78, 5) is 9.21. The molecule has 0 aliphatic carbocycles. The molecule has 17 heavy (non-hydrogen) atoms. The number of carbonyl (C=O) groups excluding carboxylic acids is 1. The summed E-state index contributed by atoms with van der Waals surface area (Å²) in [7, 11) is 0. The molecule has 1 aromatic carbocycles. The average Bonchev–Trinajstić information content (AvgIpc) is 2.44. The zero-order chi connectivity index (χ0) is 13.2. The zero-order valence-corrected chi connectivity index (χ0v) is 11.7. The smallest absolute Gasteiger partial charge is 0.218 e. The molecule has 1 heterocycles. The topological polar surface area (TPSA) is 30.2 Å². The van der Waals surface area contributed by atoms with E-state index in [0.29, 0.717) is 0 Å². The maximum Gasteiger partial charge on any atom is 0.218 e. The number of fused-ring (bicyclic) bond motifs is 1. The first-order valence-electron chi connectivity index (χ1n) is 5.15. The first-order valence-corrected chi connectivity index (χ1v) is 5.90. The van der Waals surface area contributed by atoms with Crippen LogP contribution < -0.4 is 0 Å². The van der Waals surface area contributed by atoms with Gasteiger partial charge in [-0.05, 0) is 49.6 Å². The molecule has 0 spiro atoms. The Bertz CT molecular complexity index is 552. The van der Waals surface area contributed by atoms with E-state index in [2.05, 4.69) is 30.7 Å². The van der Waals surface area contributed by atoms with E-state index < -0.39 is 0 Å². The lowest BCUT2D eigenvalue weighted by molar-refractivity contribution is -0.109. The Kier molecular flexibility index (Phi) is 4.61. The normalized spacial score (nSPS) is 10.0. The van der Waals surface area contributed by atoms with Crippen molar-refractivity contribution in [2.75, 3.05) is 0 Å². The Labute approximate surface area is 111 Å². The van der Waals surface area contributed by atoms with Crippen LogP contribution >= 0.6 is 23.2 Å². The van der Waals surface area contributed by atoms with Crippen LogP contribution in [0.1, 0.15) is 23.8 Å². The van der Waals surface area contributed by atoms with Gasteiger partial charge in [-0.15, -0.1) is 0 Å². The van der Waals surface area contributed by atoms with Gasteiger partial charge in [-0.25, -0.2) is 0 Å². The monoisotopic (exact) mass is 272 g/mol. The van der Waals surface area contributed by atoms with Crippen LogP contribution in [0.15, 0.2) is 16.5 Å². The summed E-state index contributed by atoms with van der Waals surface area (Å²) < 4.78 is 5.55. The van der Waals surface area contributed by atoms with E-state index in [4.69, 9.17) is 16.0 Å². The highest BCUT2D eigenvalue weighted by molar-refractivity contribution is 6.62. The van der Waals surface area contributed by atoms with Gasteiger partial charge in [0.2, 0.25) is 5.24 Å². The van der Waals surface area contributed by atoms with E-state index in [1.54, 1.807) is 0 Å². The number of benzene rings is 1. The van der Waals surface area contributed by atoms with Gasteiger partial charge in [0.05, 0.1) is 5.02 Å². The molecule has 4 heteroatoms. The summed E-state index contributed by atoms with van der Waals surface area (Å²) in [6, 6.07) is 4.16. The number of hydrogen-bond donors (Lipinski definition) is 0. The number of hydrogen-bond acceptors (Lipinski definition) is 2. The summed E-state index contributed by atoms with van der Waals surface area (Å²) in [5, 5.41) is 1.40. The number of aryl methyl sites for hydroxylation is 3. The summed E-state index contributed by atoms with van der Waals surface area (Å²) in [6.07, 6.45) is 0. The van der Waals surface area contributed by atoms with Crippen LogP contribution in [0.4, 0.5) is 0 Å². The van der Waals surface area contributed by atoms with Crippen molar-refractivity contribution in [3.63, 3.8) is 0 Å². The first kappa shape index (κ1) is 14.1. The van der Waals surface area contributed by atoms with Gasteiger partial charge in [0.25, 0.3) is 0 Å². The summed E-state index contributed by atoms with van der Waals surface area (Å²) in [6.45, 7) is 7.28. The van der Waals surface area contributed by atoms with Gasteiger partial charge in [0, 0.05) is 12.3 Å². The van der Waals surface area contributed by atoms with Crippen molar-refractivity contribution in [3.8, 4) is 0 Å². The van der Waals surface area contributed by atoms with E-state index in [-0.39, 0.29) is 5.24 Å². The minimum atomic E-state index is -0.361. The Balaban J connectivity index is 0.000000317. The molecule has 0 radical (unpaired) electrons. The highest BCUT2D eigenvalue weighted by atomic mass is 35.5. The predicted octanol–water partition coefficient (Wildman–Crippen LogP) is 4.78. The Morgan fingerprint density at radius 1 is 1.24 bits per heavy atom. The summed E-state index contributed by atoms with van der Waals surface area (Å²) >= 11 is 10.7. The average molecular weight is 273 g/mol. The van der Waals surface area contributed by atoms with Gasteiger partial charge in [0.1, 0.15) is 11.3 Å². The lowest BCUT2D eigenvalue weighted by atomic mass is 10.1. The molecule has 0 saturated heterocycles. The Hall–Kier alpha value is -0.990. The zero-order valence-electron chi connectivity index (χ0n) is 10.2. The molecule has 2 nitrogen and oxygen atoms in total. The fraction of sp³-hybridized carbons (Fsp3) is 0.308. The van der Waals surface area contributed by atoms with Crippen LogP contribution in [0, 0.1) is 20.8 Å². The number of carbonyl (C=O) groups is 1. The minimum Gasteiger partial charge on any atom is -0.459 e. The van der Waals surface area contributed by atoms with Gasteiger partial charge < -0.3 is 4.42 Å². The second kappa shape index (κ2) is 5.56. The molecule has 92 valence electrons. The maximum atomic E-state index is 9.21. The minimum absolute atomic E-state index is 0.361. The number of rotatable bonds is 0. The molecule has 1 aromatic heterocycles. The van der Waals surface area contributed by atoms with E-state index in [1.165, 1.54) is 12.5 Å². The molecular formula is C13H14Cl2O2. The quantitative estimate of drug-likeness (QED) is 0.646. The van der Waals surface area contributed by atoms with Crippen molar-refractivity contribution in [1.29, 1.82) is 0 Å². The van der Waals surface area contributed by atoms with E-state index in [9.17, 15) is 4.79 Å². The van der Waals surface area contributed by atoms with Crippen LogP contribution in [0.5, 0.6) is 0 Å². The van der Waals surface area contributed by atoms with E-state index >= 15 is 0 Å². The predicted molar refractivity (Wildman–Crippen MR) is 72.0 cm³/mol. The fourth-order valence-corrected chi connectivity index (χ4v) is 1.82. The van der Waals surface area contributed by atoms with Crippen LogP contribution in [-0.4, -0.2) is 5.24 Å². The van der Waals surface area contributed by atoms with Crippen molar-refractivity contribution in [1.82, 2.24) is 0 Å². The highest BCUT2D eigenvalue weighted by Gasteiger charge is 2.10. The number of furan rings is 1. The summed E-state index contributed by atoms with van der Waals surface area (Å²) in [5.74, 6) is 0.797. The fourth-order valence-electron chi connectivity index (χ4n) is 1.64. The lowest BCUT2D eigenvalue weighted by Gasteiger charge is -1.96. The molecular weight excluding hydrogens is 259 g/mol. The maximum absolute atomic E-state index is 9.21. The third-order valence-corrected chi connectivity index (χ3v) is 2.69. The molecule has 0 fully saturated rings. The largest absolute Gasteiger partial charge is 0.459 e. The van der Waals surface area contributed by atoms with Gasteiger partial charge in [-0.3, -0.25) is 4.79 Å². The van der Waals surface area contributed by atoms with E-state index in [0.717, 1.165) is 27.3 Å². The van der Waals surface area contributed by atoms with Gasteiger partial charge in [0.15, 0.2) is 0 Å². The van der Waals surface area contributed by atoms with Crippen LogP contribution in [0.2, 0.25) is 5.02 Å². The molecule has 0 aliphatic rings. The molecule has 0 unspecified atom stereocenters. The third-order valence-electron chi connectivity index (χ3n) is 2.22.